The molecule has 0 aliphatic carbocycles. The molecular formula is C64H110O6. The Balaban J connectivity index is 4.48. The number of hydrogen-bond donors (Lipinski definition) is 0. The fourth-order valence-electron chi connectivity index (χ4n) is 8.14. The topological polar surface area (TPSA) is 78.9 Å². The van der Waals surface area contributed by atoms with Crippen molar-refractivity contribution in [1.82, 2.24) is 0 Å². The molecule has 0 rings (SSSR count). The maximum absolute atomic E-state index is 12.9. The number of esters is 3. The third-order valence-corrected chi connectivity index (χ3v) is 12.6. The molecule has 0 radical (unpaired) electrons. The predicted molar refractivity (Wildman–Crippen MR) is 302 cm³/mol. The zero-order valence-electron chi connectivity index (χ0n) is 46.0. The molecule has 0 aliphatic heterocycles. The Bertz CT molecular complexity index is 1350. The van der Waals surface area contributed by atoms with Crippen LogP contribution in [0.2, 0.25) is 0 Å². The lowest BCUT2D eigenvalue weighted by Gasteiger charge is -2.18. The Morgan fingerprint density at radius 3 is 0.843 bits per heavy atom. The first-order chi connectivity index (χ1) is 34.5. The summed E-state index contributed by atoms with van der Waals surface area (Å²) in [6.07, 6.45) is 75.7. The van der Waals surface area contributed by atoms with Gasteiger partial charge in [-0.2, -0.15) is 0 Å². The van der Waals surface area contributed by atoms with E-state index < -0.39 is 6.10 Å². The molecule has 0 aromatic carbocycles. The third-order valence-electron chi connectivity index (χ3n) is 12.6. The molecule has 0 unspecified atom stereocenters. The molecule has 0 aliphatic rings. The Morgan fingerprint density at radius 2 is 0.514 bits per heavy atom. The number of allylic oxidation sites excluding steroid dienone is 14. The molecule has 0 fully saturated rings. The van der Waals surface area contributed by atoms with E-state index in [9.17, 15) is 14.4 Å². The van der Waals surface area contributed by atoms with Gasteiger partial charge in [0.1, 0.15) is 13.2 Å². The van der Waals surface area contributed by atoms with Gasteiger partial charge in [-0.15, -0.1) is 0 Å². The van der Waals surface area contributed by atoms with Crippen molar-refractivity contribution < 1.29 is 28.6 Å². The van der Waals surface area contributed by atoms with Crippen LogP contribution in [-0.2, 0) is 28.6 Å². The molecule has 6 heteroatoms. The summed E-state index contributed by atoms with van der Waals surface area (Å²) in [5.74, 6) is -0.940. The van der Waals surface area contributed by atoms with Crippen molar-refractivity contribution in [3.05, 3.63) is 85.1 Å². The van der Waals surface area contributed by atoms with E-state index in [1.807, 2.05) is 0 Å². The highest BCUT2D eigenvalue weighted by Crippen LogP contribution is 2.15. The van der Waals surface area contributed by atoms with Crippen LogP contribution in [0.4, 0.5) is 0 Å². The van der Waals surface area contributed by atoms with Gasteiger partial charge in [0.05, 0.1) is 0 Å². The number of unbranched alkanes of at least 4 members (excludes halogenated alkanes) is 28. The number of hydrogen-bond acceptors (Lipinski definition) is 6. The molecule has 1 atom stereocenters. The number of carbonyl (C=O) groups is 3. The quantitative estimate of drug-likeness (QED) is 0.0261. The number of rotatable bonds is 53. The van der Waals surface area contributed by atoms with Gasteiger partial charge < -0.3 is 14.2 Å². The van der Waals surface area contributed by atoms with Crippen LogP contribution in [-0.4, -0.2) is 37.2 Å². The van der Waals surface area contributed by atoms with Gasteiger partial charge in [0.15, 0.2) is 6.10 Å². The van der Waals surface area contributed by atoms with Crippen molar-refractivity contribution in [2.24, 2.45) is 0 Å². The lowest BCUT2D eigenvalue weighted by atomic mass is 10.0. The molecule has 402 valence electrons. The standard InChI is InChI=1S/C64H110O6/c1-4-7-10-13-16-19-22-25-28-31-32-34-36-39-42-45-48-51-54-57-63(66)69-60-61(59-68-62(65)56-53-50-47-44-41-38-35-30-27-24-21-18-15-12-9-6-3)70-64(67)58-55-52-49-46-43-40-37-33-29-26-23-20-17-14-11-8-5-2/h16-17,19-20,25-26,28-29,32,34,37,39-40,42,61H,4-15,18,21-24,27,30-31,33,35-36,38,41,43-60H2,1-3H3/b19-16-,20-17-,28-25-,29-26-,34-32-,40-37-,42-39-/t61-/m1/s1. The normalized spacial score (nSPS) is 12.7. The van der Waals surface area contributed by atoms with Gasteiger partial charge in [0.2, 0.25) is 0 Å². The molecule has 0 saturated carbocycles. The lowest BCUT2D eigenvalue weighted by molar-refractivity contribution is -0.167. The van der Waals surface area contributed by atoms with Crippen molar-refractivity contribution in [2.45, 2.75) is 290 Å². The number of carbonyl (C=O) groups excluding carboxylic acids is 3. The molecule has 0 aromatic rings. The van der Waals surface area contributed by atoms with E-state index in [-0.39, 0.29) is 31.1 Å². The molecule has 0 bridgehead atoms. The molecule has 6 nitrogen and oxygen atoms in total. The van der Waals surface area contributed by atoms with Crippen LogP contribution < -0.4 is 0 Å². The fourth-order valence-corrected chi connectivity index (χ4v) is 8.14. The first-order valence-corrected chi connectivity index (χ1v) is 29.6. The fraction of sp³-hybridized carbons (Fsp3) is 0.734. The molecule has 0 N–H and O–H groups in total. The average Bonchev–Trinajstić information content (AvgIpc) is 3.36. The highest BCUT2D eigenvalue weighted by atomic mass is 16.6. The summed E-state index contributed by atoms with van der Waals surface area (Å²) < 4.78 is 16.8. The molecule has 0 saturated heterocycles. The van der Waals surface area contributed by atoms with Gasteiger partial charge in [0.25, 0.3) is 0 Å². The van der Waals surface area contributed by atoms with E-state index in [1.165, 1.54) is 135 Å². The van der Waals surface area contributed by atoms with E-state index in [4.69, 9.17) is 14.2 Å². The first-order valence-electron chi connectivity index (χ1n) is 29.6. The summed E-state index contributed by atoms with van der Waals surface area (Å²) in [6.45, 7) is 6.56. The van der Waals surface area contributed by atoms with E-state index in [0.29, 0.717) is 19.3 Å². The van der Waals surface area contributed by atoms with Crippen molar-refractivity contribution in [2.75, 3.05) is 13.2 Å². The highest BCUT2D eigenvalue weighted by molar-refractivity contribution is 5.71. The van der Waals surface area contributed by atoms with Crippen LogP contribution in [0.25, 0.3) is 0 Å². The Morgan fingerprint density at radius 1 is 0.286 bits per heavy atom. The lowest BCUT2D eigenvalue weighted by Crippen LogP contribution is -2.30. The van der Waals surface area contributed by atoms with E-state index in [2.05, 4.69) is 106 Å². The predicted octanol–water partition coefficient (Wildman–Crippen LogP) is 19.9. The van der Waals surface area contributed by atoms with E-state index in [1.54, 1.807) is 0 Å². The van der Waals surface area contributed by atoms with Gasteiger partial charge in [-0.25, -0.2) is 0 Å². The second-order valence-electron chi connectivity index (χ2n) is 19.6. The molecule has 0 aromatic heterocycles. The second kappa shape index (κ2) is 58.2. The van der Waals surface area contributed by atoms with Gasteiger partial charge in [0, 0.05) is 19.3 Å². The van der Waals surface area contributed by atoms with Gasteiger partial charge in [-0.1, -0.05) is 247 Å². The van der Waals surface area contributed by atoms with Crippen LogP contribution in [0.3, 0.4) is 0 Å². The van der Waals surface area contributed by atoms with Crippen molar-refractivity contribution in [1.29, 1.82) is 0 Å². The largest absolute Gasteiger partial charge is 0.462 e. The molecule has 0 amide bonds. The van der Waals surface area contributed by atoms with Gasteiger partial charge in [-0.05, 0) is 103 Å². The maximum Gasteiger partial charge on any atom is 0.306 e. The zero-order chi connectivity index (χ0) is 50.7. The van der Waals surface area contributed by atoms with Gasteiger partial charge in [-0.3, -0.25) is 14.4 Å². The Hall–Kier alpha value is -3.41. The number of ether oxygens (including phenoxy) is 3. The summed E-state index contributed by atoms with van der Waals surface area (Å²) in [6, 6.07) is 0. The van der Waals surface area contributed by atoms with Crippen LogP contribution >= 0.6 is 0 Å². The van der Waals surface area contributed by atoms with E-state index in [0.717, 1.165) is 109 Å². The smallest absolute Gasteiger partial charge is 0.306 e. The van der Waals surface area contributed by atoms with E-state index >= 15 is 0 Å². The van der Waals surface area contributed by atoms with Crippen LogP contribution in [0.1, 0.15) is 284 Å². The first kappa shape index (κ1) is 66.6. The zero-order valence-corrected chi connectivity index (χ0v) is 46.0. The summed E-state index contributed by atoms with van der Waals surface area (Å²) in [5.41, 5.74) is 0. The minimum absolute atomic E-state index is 0.0942. The summed E-state index contributed by atoms with van der Waals surface area (Å²) >= 11 is 0. The summed E-state index contributed by atoms with van der Waals surface area (Å²) in [4.78, 5) is 38.2. The van der Waals surface area contributed by atoms with Crippen LogP contribution in [0.15, 0.2) is 85.1 Å². The minimum Gasteiger partial charge on any atom is -0.462 e. The average molecular weight is 976 g/mol. The van der Waals surface area contributed by atoms with Crippen LogP contribution in [0.5, 0.6) is 0 Å². The Kier molecular flexibility index (Phi) is 55.3. The molecular weight excluding hydrogens is 865 g/mol. The highest BCUT2D eigenvalue weighted by Gasteiger charge is 2.19. The monoisotopic (exact) mass is 975 g/mol. The third kappa shape index (κ3) is 55.5. The SMILES string of the molecule is CCCCC/C=C\C/C=C\C/C=C\C/C=C\CCCCCC(=O)OC[C@@H](COC(=O)CCCCCCCCCCCCCCCCCC)OC(=O)CCCCCC/C=C\C/C=C\C/C=C\CCCCC. The molecule has 0 spiro atoms. The molecule has 0 heterocycles. The molecule has 70 heavy (non-hydrogen) atoms. The summed E-state index contributed by atoms with van der Waals surface area (Å²) in [5, 5.41) is 0. The minimum atomic E-state index is -0.801. The maximum atomic E-state index is 12.9. The second-order valence-corrected chi connectivity index (χ2v) is 19.6. The van der Waals surface area contributed by atoms with Gasteiger partial charge >= 0.3 is 17.9 Å². The van der Waals surface area contributed by atoms with Crippen molar-refractivity contribution in [3.63, 3.8) is 0 Å². The Labute approximate surface area is 433 Å². The van der Waals surface area contributed by atoms with Crippen molar-refractivity contribution >= 4 is 17.9 Å². The summed E-state index contributed by atoms with van der Waals surface area (Å²) in [7, 11) is 0. The van der Waals surface area contributed by atoms with Crippen molar-refractivity contribution in [3.8, 4) is 0 Å². The van der Waals surface area contributed by atoms with Crippen LogP contribution in [0, 0.1) is 0 Å².